The summed E-state index contributed by atoms with van der Waals surface area (Å²) >= 11 is 0. The third-order valence-corrected chi connectivity index (χ3v) is 4.89. The average molecular weight is 368 g/mol. The smallest absolute Gasteiger partial charge is 0.251 e. The van der Waals surface area contributed by atoms with Crippen LogP contribution in [0.1, 0.15) is 61.9 Å². The number of nitrogens with two attached hydrogens (primary N) is 1. The van der Waals surface area contributed by atoms with Crippen LogP contribution in [0.15, 0.2) is 18.2 Å². The van der Waals surface area contributed by atoms with E-state index in [1.807, 2.05) is 19.9 Å². The van der Waals surface area contributed by atoms with Crippen LogP contribution in [0.4, 0.5) is 5.69 Å². The van der Waals surface area contributed by atoms with Crippen molar-refractivity contribution in [3.63, 3.8) is 0 Å². The van der Waals surface area contributed by atoms with Crippen molar-refractivity contribution in [2.45, 2.75) is 65.0 Å². The molecule has 0 radical (unpaired) electrons. The van der Waals surface area contributed by atoms with Gasteiger partial charge in [-0.15, -0.1) is 12.4 Å². The van der Waals surface area contributed by atoms with Crippen molar-refractivity contribution >= 4 is 29.9 Å². The molecule has 5 nitrogen and oxygen atoms in total. The number of rotatable bonds is 5. The summed E-state index contributed by atoms with van der Waals surface area (Å²) in [6, 6.07) is 5.46. The van der Waals surface area contributed by atoms with Crippen LogP contribution >= 0.6 is 12.4 Å². The van der Waals surface area contributed by atoms with Gasteiger partial charge in [-0.25, -0.2) is 0 Å². The Balaban J connectivity index is 0.00000312. The first-order chi connectivity index (χ1) is 11.4. The second-order valence-electron chi connectivity index (χ2n) is 6.98. The Bertz CT molecular complexity index is 598. The lowest BCUT2D eigenvalue weighted by molar-refractivity contribution is -0.119. The summed E-state index contributed by atoms with van der Waals surface area (Å²) in [7, 11) is 0. The zero-order chi connectivity index (χ0) is 17.7. The van der Waals surface area contributed by atoms with E-state index in [2.05, 4.69) is 10.6 Å². The molecule has 1 aromatic carbocycles. The Morgan fingerprint density at radius 3 is 2.36 bits per heavy atom. The van der Waals surface area contributed by atoms with Gasteiger partial charge in [0.15, 0.2) is 0 Å². The number of anilines is 1. The topological polar surface area (TPSA) is 84.2 Å². The number of hydrogen-bond donors (Lipinski definition) is 3. The van der Waals surface area contributed by atoms with Crippen LogP contribution in [0, 0.1) is 12.8 Å². The Labute approximate surface area is 156 Å². The Hall–Kier alpha value is -1.59. The lowest BCUT2D eigenvalue weighted by atomic mass is 9.95. The molecule has 1 aliphatic carbocycles. The second-order valence-corrected chi connectivity index (χ2v) is 6.98. The van der Waals surface area contributed by atoms with E-state index in [9.17, 15) is 9.59 Å². The van der Waals surface area contributed by atoms with Gasteiger partial charge < -0.3 is 16.4 Å². The highest BCUT2D eigenvalue weighted by Crippen LogP contribution is 2.20. The summed E-state index contributed by atoms with van der Waals surface area (Å²) in [5.41, 5.74) is 8.00. The molecule has 2 unspecified atom stereocenters. The molecular formula is C19H30ClN3O2. The molecule has 0 heterocycles. The zero-order valence-electron chi connectivity index (χ0n) is 15.3. The molecular weight excluding hydrogens is 338 g/mol. The standard InChI is InChI=1S/C19H29N3O2.ClH/c1-12-11-15(19(24)21-16-7-5-4-6-8-16)9-10-17(12)22-18(23)13(2)14(3)20;/h9-11,13-14,16H,4-8,20H2,1-3H3,(H,21,24)(H,22,23);1H. The van der Waals surface area contributed by atoms with Crippen LogP contribution < -0.4 is 16.4 Å². The molecule has 2 atom stereocenters. The first-order valence-corrected chi connectivity index (χ1v) is 8.86. The number of carbonyl (C=O) groups is 2. The zero-order valence-corrected chi connectivity index (χ0v) is 16.1. The molecule has 4 N–H and O–H groups in total. The molecule has 2 rings (SSSR count). The number of hydrogen-bond acceptors (Lipinski definition) is 3. The molecule has 1 aromatic rings. The van der Waals surface area contributed by atoms with Crippen molar-refractivity contribution in [3.8, 4) is 0 Å². The van der Waals surface area contributed by atoms with E-state index in [1.54, 1.807) is 19.1 Å². The van der Waals surface area contributed by atoms with E-state index in [4.69, 9.17) is 5.73 Å². The maximum absolute atomic E-state index is 12.4. The van der Waals surface area contributed by atoms with Crippen LogP contribution in [0.2, 0.25) is 0 Å². The third kappa shape index (κ3) is 6.01. The van der Waals surface area contributed by atoms with Gasteiger partial charge in [0.25, 0.3) is 5.91 Å². The van der Waals surface area contributed by atoms with Gasteiger partial charge >= 0.3 is 0 Å². The Morgan fingerprint density at radius 2 is 1.80 bits per heavy atom. The van der Waals surface area contributed by atoms with E-state index < -0.39 is 0 Å². The molecule has 0 bridgehead atoms. The largest absolute Gasteiger partial charge is 0.349 e. The molecule has 1 aliphatic rings. The van der Waals surface area contributed by atoms with Gasteiger partial charge in [0.2, 0.25) is 5.91 Å². The predicted molar refractivity (Wildman–Crippen MR) is 104 cm³/mol. The van der Waals surface area contributed by atoms with Gasteiger partial charge in [-0.1, -0.05) is 26.2 Å². The van der Waals surface area contributed by atoms with Crippen molar-refractivity contribution in [2.75, 3.05) is 5.32 Å². The number of halogens is 1. The van der Waals surface area contributed by atoms with Crippen molar-refractivity contribution in [1.29, 1.82) is 0 Å². The minimum absolute atomic E-state index is 0. The lowest BCUT2D eigenvalue weighted by Gasteiger charge is -2.23. The number of amides is 2. The first kappa shape index (κ1) is 21.5. The maximum atomic E-state index is 12.4. The molecule has 1 fully saturated rings. The molecule has 0 aromatic heterocycles. The van der Waals surface area contributed by atoms with E-state index in [-0.39, 0.29) is 42.2 Å². The fourth-order valence-electron chi connectivity index (χ4n) is 2.95. The monoisotopic (exact) mass is 367 g/mol. The van der Waals surface area contributed by atoms with Gasteiger partial charge in [-0.05, 0) is 50.5 Å². The fraction of sp³-hybridized carbons (Fsp3) is 0.579. The lowest BCUT2D eigenvalue weighted by Crippen LogP contribution is -2.36. The number of nitrogens with one attached hydrogen (secondary N) is 2. The Kier molecular flexibility index (Phi) is 8.39. The van der Waals surface area contributed by atoms with Crippen molar-refractivity contribution in [2.24, 2.45) is 11.7 Å². The van der Waals surface area contributed by atoms with Crippen LogP contribution in [0.25, 0.3) is 0 Å². The van der Waals surface area contributed by atoms with Crippen molar-refractivity contribution < 1.29 is 9.59 Å². The van der Waals surface area contributed by atoms with Crippen molar-refractivity contribution in [3.05, 3.63) is 29.3 Å². The normalized spacial score (nSPS) is 17.1. The Morgan fingerprint density at radius 1 is 1.16 bits per heavy atom. The molecule has 1 saturated carbocycles. The second kappa shape index (κ2) is 9.78. The quantitative estimate of drug-likeness (QED) is 0.745. The van der Waals surface area contributed by atoms with Gasteiger partial charge in [0.05, 0.1) is 5.92 Å². The number of aryl methyl sites for hydroxylation is 1. The number of carbonyl (C=O) groups excluding carboxylic acids is 2. The van der Waals surface area contributed by atoms with Gasteiger partial charge in [-0.2, -0.15) is 0 Å². The molecule has 25 heavy (non-hydrogen) atoms. The van der Waals surface area contributed by atoms with Crippen LogP contribution in [-0.4, -0.2) is 23.9 Å². The minimum Gasteiger partial charge on any atom is -0.349 e. The summed E-state index contributed by atoms with van der Waals surface area (Å²) in [6.07, 6.45) is 5.77. The van der Waals surface area contributed by atoms with Crippen LogP contribution in [-0.2, 0) is 4.79 Å². The summed E-state index contributed by atoms with van der Waals surface area (Å²) in [4.78, 5) is 24.5. The molecule has 140 valence electrons. The highest BCUT2D eigenvalue weighted by molar-refractivity contribution is 5.97. The van der Waals surface area contributed by atoms with E-state index >= 15 is 0 Å². The predicted octanol–water partition coefficient (Wildman–Crippen LogP) is 3.40. The van der Waals surface area contributed by atoms with E-state index in [0.717, 1.165) is 24.1 Å². The summed E-state index contributed by atoms with van der Waals surface area (Å²) in [6.45, 7) is 5.51. The summed E-state index contributed by atoms with van der Waals surface area (Å²) in [5, 5.41) is 6.00. The molecule has 2 amide bonds. The average Bonchev–Trinajstić information content (AvgIpc) is 2.56. The van der Waals surface area contributed by atoms with Crippen LogP contribution in [0.5, 0.6) is 0 Å². The number of benzene rings is 1. The van der Waals surface area contributed by atoms with E-state index in [1.165, 1.54) is 19.3 Å². The highest BCUT2D eigenvalue weighted by Gasteiger charge is 2.19. The molecule has 6 heteroatoms. The highest BCUT2D eigenvalue weighted by atomic mass is 35.5. The van der Waals surface area contributed by atoms with Crippen molar-refractivity contribution in [1.82, 2.24) is 5.32 Å². The van der Waals surface area contributed by atoms with Crippen LogP contribution in [0.3, 0.4) is 0 Å². The molecule has 0 saturated heterocycles. The molecule has 0 aliphatic heterocycles. The summed E-state index contributed by atoms with van der Waals surface area (Å²) < 4.78 is 0. The van der Waals surface area contributed by atoms with Gasteiger partial charge in [0, 0.05) is 23.3 Å². The maximum Gasteiger partial charge on any atom is 0.251 e. The first-order valence-electron chi connectivity index (χ1n) is 8.86. The fourth-order valence-corrected chi connectivity index (χ4v) is 2.95. The SMILES string of the molecule is Cc1cc(C(=O)NC2CCCCC2)ccc1NC(=O)C(C)C(C)N.Cl. The summed E-state index contributed by atoms with van der Waals surface area (Å²) in [5.74, 6) is -0.405. The molecule has 0 spiro atoms. The minimum atomic E-state index is -0.265. The third-order valence-electron chi connectivity index (χ3n) is 4.89. The van der Waals surface area contributed by atoms with E-state index in [0.29, 0.717) is 5.56 Å². The van der Waals surface area contributed by atoms with Gasteiger partial charge in [-0.3, -0.25) is 9.59 Å². The van der Waals surface area contributed by atoms with Gasteiger partial charge in [0.1, 0.15) is 0 Å².